The van der Waals surface area contributed by atoms with Crippen LogP contribution >= 0.6 is 0 Å². The highest BCUT2D eigenvalue weighted by molar-refractivity contribution is 5.94. The average molecular weight is 342 g/mol. The van der Waals surface area contributed by atoms with Gasteiger partial charge in [0.15, 0.2) is 0 Å². The number of carbonyl (C=O) groups is 1. The minimum absolute atomic E-state index is 0.188. The van der Waals surface area contributed by atoms with E-state index >= 15 is 0 Å². The molecule has 0 unspecified atom stereocenters. The third kappa shape index (κ3) is 5.53. The lowest BCUT2D eigenvalue weighted by Crippen LogP contribution is -2.30. The number of H-pyrrole nitrogens is 1. The summed E-state index contributed by atoms with van der Waals surface area (Å²) in [6.45, 7) is 10.3. The Morgan fingerprint density at radius 3 is 2.52 bits per heavy atom. The fraction of sp³-hybridized carbons (Fsp3) is 0.421. The van der Waals surface area contributed by atoms with Crippen molar-refractivity contribution >= 4 is 5.91 Å². The number of aromatic amines is 1. The summed E-state index contributed by atoms with van der Waals surface area (Å²) >= 11 is 0. The molecule has 2 rings (SSSR count). The Morgan fingerprint density at radius 2 is 1.96 bits per heavy atom. The summed E-state index contributed by atoms with van der Waals surface area (Å²) in [5.74, 6) is 0.261. The Morgan fingerprint density at radius 1 is 1.28 bits per heavy atom. The fourth-order valence-electron chi connectivity index (χ4n) is 2.65. The highest BCUT2D eigenvalue weighted by Crippen LogP contribution is 2.10. The quantitative estimate of drug-likeness (QED) is 0.809. The van der Waals surface area contributed by atoms with E-state index in [2.05, 4.69) is 41.0 Å². The van der Waals surface area contributed by atoms with E-state index in [1.54, 1.807) is 6.92 Å². The summed E-state index contributed by atoms with van der Waals surface area (Å²) < 4.78 is 0. The molecule has 1 amide bonds. The number of nitrogens with one attached hydrogen (secondary N) is 2. The predicted molar refractivity (Wildman–Crippen MR) is 98.4 cm³/mol. The van der Waals surface area contributed by atoms with Gasteiger partial charge in [0.2, 0.25) is 0 Å². The smallest absolute Gasteiger partial charge is 0.251 e. The van der Waals surface area contributed by atoms with Crippen LogP contribution in [0.15, 0.2) is 35.1 Å². The van der Waals surface area contributed by atoms with Crippen LogP contribution in [0.4, 0.5) is 0 Å². The monoisotopic (exact) mass is 342 g/mol. The van der Waals surface area contributed by atoms with Crippen molar-refractivity contribution in [3.05, 3.63) is 63.3 Å². The number of rotatable bonds is 7. The van der Waals surface area contributed by atoms with Crippen LogP contribution in [0.2, 0.25) is 0 Å². The van der Waals surface area contributed by atoms with Gasteiger partial charge in [0.05, 0.1) is 6.54 Å². The SMILES string of the molecule is CCN(Cc1ccc(C(=O)NCc2nc(C)cc(=O)[nH]2)cc1)C(C)C. The molecule has 0 fully saturated rings. The van der Waals surface area contributed by atoms with Crippen molar-refractivity contribution in [3.8, 4) is 0 Å². The van der Waals surface area contributed by atoms with E-state index in [1.165, 1.54) is 11.6 Å². The maximum absolute atomic E-state index is 12.2. The van der Waals surface area contributed by atoms with Crippen LogP contribution in [-0.2, 0) is 13.1 Å². The number of nitrogens with zero attached hydrogens (tertiary/aromatic N) is 2. The van der Waals surface area contributed by atoms with E-state index in [-0.39, 0.29) is 18.0 Å². The first kappa shape index (κ1) is 18.9. The molecule has 0 spiro atoms. The molecular formula is C19H26N4O2. The zero-order valence-electron chi connectivity index (χ0n) is 15.3. The minimum atomic E-state index is -0.216. The van der Waals surface area contributed by atoms with Crippen molar-refractivity contribution in [2.45, 2.75) is 46.8 Å². The van der Waals surface area contributed by atoms with Gasteiger partial charge in [-0.2, -0.15) is 0 Å². The third-order valence-corrected chi connectivity index (χ3v) is 4.07. The molecule has 2 aromatic rings. The molecule has 0 saturated carbocycles. The van der Waals surface area contributed by atoms with Crippen molar-refractivity contribution in [1.29, 1.82) is 0 Å². The Labute approximate surface area is 148 Å². The number of carbonyl (C=O) groups excluding carboxylic acids is 1. The Kier molecular flexibility index (Phi) is 6.47. The molecular weight excluding hydrogens is 316 g/mol. The van der Waals surface area contributed by atoms with E-state index < -0.39 is 0 Å². The van der Waals surface area contributed by atoms with Gasteiger partial charge in [-0.3, -0.25) is 14.5 Å². The minimum Gasteiger partial charge on any atom is -0.345 e. The molecule has 134 valence electrons. The van der Waals surface area contributed by atoms with Gasteiger partial charge in [0, 0.05) is 29.9 Å². The first-order chi connectivity index (χ1) is 11.9. The highest BCUT2D eigenvalue weighted by atomic mass is 16.1. The topological polar surface area (TPSA) is 78.1 Å². The molecule has 0 saturated heterocycles. The van der Waals surface area contributed by atoms with Crippen LogP contribution in [-0.4, -0.2) is 33.4 Å². The number of hydrogen-bond donors (Lipinski definition) is 2. The molecule has 2 N–H and O–H groups in total. The number of aromatic nitrogens is 2. The molecule has 25 heavy (non-hydrogen) atoms. The van der Waals surface area contributed by atoms with Crippen LogP contribution in [0.1, 0.15) is 48.2 Å². The number of aryl methyl sites for hydroxylation is 1. The second kappa shape index (κ2) is 8.58. The highest BCUT2D eigenvalue weighted by Gasteiger charge is 2.10. The standard InChI is InChI=1S/C19H26N4O2/c1-5-23(13(2)3)12-15-6-8-16(9-7-15)19(25)20-11-17-21-14(4)10-18(24)22-17/h6-10,13H,5,11-12H2,1-4H3,(H,20,25)(H,21,22,24). The maximum Gasteiger partial charge on any atom is 0.251 e. The van der Waals surface area contributed by atoms with Crippen LogP contribution in [0, 0.1) is 6.92 Å². The van der Waals surface area contributed by atoms with Gasteiger partial charge in [-0.15, -0.1) is 0 Å². The molecule has 0 aliphatic rings. The molecule has 0 atom stereocenters. The molecule has 6 heteroatoms. The maximum atomic E-state index is 12.2. The summed E-state index contributed by atoms with van der Waals surface area (Å²) in [7, 11) is 0. The molecule has 0 radical (unpaired) electrons. The van der Waals surface area contributed by atoms with E-state index in [9.17, 15) is 9.59 Å². The Hall–Kier alpha value is -2.47. The van der Waals surface area contributed by atoms with Gasteiger partial charge in [-0.1, -0.05) is 19.1 Å². The Bertz CT molecular complexity index is 766. The predicted octanol–water partition coefficient (Wildman–Crippen LogP) is 2.24. The largest absolute Gasteiger partial charge is 0.345 e. The summed E-state index contributed by atoms with van der Waals surface area (Å²) in [5, 5.41) is 2.78. The first-order valence-corrected chi connectivity index (χ1v) is 8.57. The normalized spacial score (nSPS) is 11.1. The van der Waals surface area contributed by atoms with Crippen molar-refractivity contribution in [1.82, 2.24) is 20.2 Å². The lowest BCUT2D eigenvalue weighted by atomic mass is 10.1. The van der Waals surface area contributed by atoms with Crippen LogP contribution in [0.25, 0.3) is 0 Å². The van der Waals surface area contributed by atoms with Gasteiger partial charge >= 0.3 is 0 Å². The van der Waals surface area contributed by atoms with Gasteiger partial charge in [0.25, 0.3) is 11.5 Å². The van der Waals surface area contributed by atoms with Gasteiger partial charge < -0.3 is 10.3 Å². The Balaban J connectivity index is 1.97. The van der Waals surface area contributed by atoms with Crippen LogP contribution < -0.4 is 10.9 Å². The molecule has 1 aromatic heterocycles. The zero-order chi connectivity index (χ0) is 18.4. The van der Waals surface area contributed by atoms with E-state index in [0.717, 1.165) is 13.1 Å². The zero-order valence-corrected chi connectivity index (χ0v) is 15.3. The van der Waals surface area contributed by atoms with Crippen molar-refractivity contribution in [3.63, 3.8) is 0 Å². The average Bonchev–Trinajstić information content (AvgIpc) is 2.57. The second-order valence-corrected chi connectivity index (χ2v) is 6.37. The molecule has 1 heterocycles. The molecule has 0 aliphatic carbocycles. The van der Waals surface area contributed by atoms with Gasteiger partial charge in [0.1, 0.15) is 5.82 Å². The van der Waals surface area contributed by atoms with E-state index in [4.69, 9.17) is 0 Å². The molecule has 0 aliphatic heterocycles. The lowest BCUT2D eigenvalue weighted by Gasteiger charge is -2.24. The molecule has 1 aromatic carbocycles. The number of amides is 1. The van der Waals surface area contributed by atoms with Crippen LogP contribution in [0.3, 0.4) is 0 Å². The van der Waals surface area contributed by atoms with Gasteiger partial charge in [-0.05, 0) is 45.0 Å². The summed E-state index contributed by atoms with van der Waals surface area (Å²) in [5.41, 5.74) is 2.18. The number of benzene rings is 1. The summed E-state index contributed by atoms with van der Waals surface area (Å²) in [6, 6.07) is 9.51. The first-order valence-electron chi connectivity index (χ1n) is 8.57. The molecule has 0 bridgehead atoms. The second-order valence-electron chi connectivity index (χ2n) is 6.37. The van der Waals surface area contributed by atoms with Crippen LogP contribution in [0.5, 0.6) is 0 Å². The van der Waals surface area contributed by atoms with Crippen molar-refractivity contribution < 1.29 is 4.79 Å². The van der Waals surface area contributed by atoms with E-state index in [1.807, 2.05) is 24.3 Å². The van der Waals surface area contributed by atoms with Gasteiger partial charge in [-0.25, -0.2) is 4.98 Å². The van der Waals surface area contributed by atoms with Crippen molar-refractivity contribution in [2.75, 3.05) is 6.54 Å². The van der Waals surface area contributed by atoms with E-state index in [0.29, 0.717) is 23.1 Å². The third-order valence-electron chi connectivity index (χ3n) is 4.07. The molecule has 6 nitrogen and oxygen atoms in total. The fourth-order valence-corrected chi connectivity index (χ4v) is 2.65. The number of hydrogen-bond acceptors (Lipinski definition) is 4. The van der Waals surface area contributed by atoms with Crippen molar-refractivity contribution in [2.24, 2.45) is 0 Å². The summed E-state index contributed by atoms with van der Waals surface area (Å²) in [4.78, 5) is 32.8. The lowest BCUT2D eigenvalue weighted by molar-refractivity contribution is 0.0949. The summed E-state index contributed by atoms with van der Waals surface area (Å²) in [6.07, 6.45) is 0.